The van der Waals surface area contributed by atoms with Crippen molar-refractivity contribution in [3.05, 3.63) is 75.7 Å². The number of carbonyl (C=O) groups is 3. The van der Waals surface area contributed by atoms with Gasteiger partial charge in [-0.3, -0.25) is 0 Å². The molecule has 1 N–H and O–H groups in total. The van der Waals surface area contributed by atoms with Crippen LogP contribution in [-0.4, -0.2) is 60.2 Å². The van der Waals surface area contributed by atoms with Gasteiger partial charge in [0.15, 0.2) is 5.65 Å². The topological polar surface area (TPSA) is 114 Å². The van der Waals surface area contributed by atoms with Crippen molar-refractivity contribution in [2.45, 2.75) is 61.1 Å². The van der Waals surface area contributed by atoms with Gasteiger partial charge in [0, 0.05) is 6.07 Å². The molecule has 2 saturated heterocycles. The fourth-order valence-corrected chi connectivity index (χ4v) is 10.0. The van der Waals surface area contributed by atoms with E-state index in [9.17, 15) is 14.4 Å². The van der Waals surface area contributed by atoms with E-state index >= 15 is 4.39 Å². The summed E-state index contributed by atoms with van der Waals surface area (Å²) in [6, 6.07) is 6.50. The molecule has 2 aliphatic heterocycles. The number of rotatable bonds is 6. The number of benzene rings is 1. The maximum absolute atomic E-state index is 16.1. The van der Waals surface area contributed by atoms with E-state index in [1.54, 1.807) is 51.6 Å². The molecule has 45 heavy (non-hydrogen) atoms. The normalized spacial score (nSPS) is 20.7. The number of ketones is 1. The molecule has 6 heterocycles. The Kier molecular flexibility index (Phi) is 7.11. The van der Waals surface area contributed by atoms with Crippen LogP contribution in [0, 0.1) is 26.6 Å². The van der Waals surface area contributed by atoms with E-state index in [4.69, 9.17) is 0 Å². The van der Waals surface area contributed by atoms with Crippen molar-refractivity contribution >= 4 is 55.9 Å². The molecule has 2 fully saturated rings. The van der Waals surface area contributed by atoms with Crippen LogP contribution in [0.4, 0.5) is 10.2 Å². The molecule has 10 nitrogen and oxygen atoms in total. The van der Waals surface area contributed by atoms with E-state index in [0.29, 0.717) is 55.6 Å². The summed E-state index contributed by atoms with van der Waals surface area (Å²) in [7, 11) is 0. The number of anilines is 1. The molecule has 0 radical (unpaired) electrons. The van der Waals surface area contributed by atoms with Crippen molar-refractivity contribution in [3.63, 3.8) is 0 Å². The van der Waals surface area contributed by atoms with Crippen LogP contribution in [0.1, 0.15) is 47.4 Å². The molecule has 2 amide bonds. The van der Waals surface area contributed by atoms with Gasteiger partial charge in [-0.25, -0.2) is 0 Å². The average Bonchev–Trinajstić information content (AvgIpc) is 3.25. The Balaban J connectivity index is 1.24. The van der Waals surface area contributed by atoms with Crippen LogP contribution < -0.4 is 26.5 Å². The van der Waals surface area contributed by atoms with Gasteiger partial charge in [-0.2, -0.15) is 5.10 Å². The second-order valence-electron chi connectivity index (χ2n) is 11.9. The standard InChI is InChI=1S/C32H29BrFIN7O3/c1-15-6-7-24(33)37-29(15)38-30(45)23-10-32(5)31(35-32)42(23)26(44)14-40-13-22(18(4)43)21-9-20(27(34)17(3)28(21)40)19-11-36-25-8-16(2)39-41(25)12-19/h6-9,11-13,23,31H,10,14H2,1-5H3,(H,37,38,45)/q-1/t23-,31-,32+/m0/s1. The van der Waals surface area contributed by atoms with Crippen molar-refractivity contribution < 1.29 is 40.0 Å². The van der Waals surface area contributed by atoms with Gasteiger partial charge in [-0.05, 0) is 6.92 Å². The summed E-state index contributed by atoms with van der Waals surface area (Å²) >= 11 is 3.07. The third-order valence-electron chi connectivity index (χ3n) is 8.63. The van der Waals surface area contributed by atoms with Crippen LogP contribution >= 0.6 is 15.9 Å². The number of halogens is 3. The number of aromatic nitrogens is 5. The number of Topliss-reactive ketones (excluding diaryl/α,β-unsaturated/α-hetero) is 1. The van der Waals surface area contributed by atoms with Crippen LogP contribution in [0.2, 0.25) is 0 Å². The van der Waals surface area contributed by atoms with Gasteiger partial charge in [0.25, 0.3) is 0 Å². The summed E-state index contributed by atoms with van der Waals surface area (Å²) < 4.78 is 20.0. The Labute approximate surface area is 276 Å². The van der Waals surface area contributed by atoms with Crippen LogP contribution in [0.5, 0.6) is 0 Å². The predicted octanol–water partition coefficient (Wildman–Crippen LogP) is 2.20. The number of hydrogen-bond donors (Lipinski definition) is 1. The fraction of sp³-hybridized carbons (Fsp3) is 0.312. The van der Waals surface area contributed by atoms with Crippen molar-refractivity contribution in [3.8, 4) is 11.1 Å². The zero-order valence-electron chi connectivity index (χ0n) is 25.2. The monoisotopic (exact) mass is 784 g/mol. The number of nitrogens with one attached hydrogen (secondary N) is 1. The number of likely N-dealkylation sites (tertiary alicyclic amines) is 1. The Morgan fingerprint density at radius 2 is 1.96 bits per heavy atom. The minimum atomic E-state index is -0.645. The van der Waals surface area contributed by atoms with Crippen molar-refractivity contribution in [2.24, 2.45) is 0 Å². The zero-order chi connectivity index (χ0) is 31.9. The van der Waals surface area contributed by atoms with Crippen molar-refractivity contribution in [2.75, 3.05) is 5.32 Å². The summed E-state index contributed by atoms with van der Waals surface area (Å²) in [5.74, 6) is -0.731. The first-order valence-electron chi connectivity index (χ1n) is 14.4. The number of amides is 2. The van der Waals surface area contributed by atoms with Gasteiger partial charge in [0.05, 0.1) is 5.69 Å². The quantitative estimate of drug-likeness (QED) is 0.0930. The molecule has 1 aromatic carbocycles. The van der Waals surface area contributed by atoms with Gasteiger partial charge in [0.1, 0.15) is 0 Å². The second kappa shape index (κ2) is 10.7. The van der Waals surface area contributed by atoms with Crippen molar-refractivity contribution in [1.82, 2.24) is 29.0 Å². The summed E-state index contributed by atoms with van der Waals surface area (Å²) in [5.41, 5.74) is 4.24. The molecule has 0 bridgehead atoms. The Bertz CT molecular complexity index is 2110. The molecule has 0 aliphatic carbocycles. The first-order valence-corrected chi connectivity index (χ1v) is 17.5. The summed E-state index contributed by atoms with van der Waals surface area (Å²) in [6.45, 7) is 8.84. The molecule has 0 saturated carbocycles. The van der Waals surface area contributed by atoms with Crippen molar-refractivity contribution in [1.29, 1.82) is 0 Å². The van der Waals surface area contributed by atoms with Crippen LogP contribution in [0.25, 0.3) is 27.7 Å². The van der Waals surface area contributed by atoms with Gasteiger partial charge < -0.3 is 0 Å². The molecule has 13 heteroatoms. The Morgan fingerprint density at radius 3 is 2.71 bits per heavy atom. The third kappa shape index (κ3) is 5.03. The minimum absolute atomic E-state index is 0.0290. The van der Waals surface area contributed by atoms with E-state index in [1.807, 2.05) is 26.0 Å². The molecular weight excluding hydrogens is 756 g/mol. The molecule has 3 atom stereocenters. The molecule has 5 aromatic rings. The number of hydrogen-bond acceptors (Lipinski definition) is 6. The van der Waals surface area contributed by atoms with Crippen LogP contribution in [0.15, 0.2) is 47.5 Å². The molecule has 4 aromatic heterocycles. The molecule has 232 valence electrons. The van der Waals surface area contributed by atoms with E-state index in [2.05, 4.69) is 43.2 Å². The molecule has 0 spiro atoms. The SMILES string of the molecule is CC(=O)c1cn(CC(=O)N2[C@H](C(=O)Nc3nc(Br)ccc3C)C[C@@]3(C)[I-][C@@H]23)c2c(C)c(F)c(-c3cnc4cc(C)nn4c3)cc12. The summed E-state index contributed by atoms with van der Waals surface area (Å²) in [6.07, 6.45) is 5.52. The first-order chi connectivity index (χ1) is 21.3. The van der Waals surface area contributed by atoms with Crippen LogP contribution in [0.3, 0.4) is 0 Å². The van der Waals surface area contributed by atoms with Gasteiger partial charge in [-0.15, -0.1) is 0 Å². The maximum atomic E-state index is 16.1. The average molecular weight is 785 g/mol. The van der Waals surface area contributed by atoms with Gasteiger partial charge >= 0.3 is 249 Å². The number of aryl methyl sites for hydroxylation is 3. The number of fused-ring (bicyclic) bond motifs is 3. The molecule has 2 aliphatic rings. The number of nitrogens with zero attached hydrogens (tertiary/aromatic N) is 6. The van der Waals surface area contributed by atoms with E-state index in [0.717, 1.165) is 11.3 Å². The van der Waals surface area contributed by atoms with Gasteiger partial charge in [0.2, 0.25) is 0 Å². The Hall–Kier alpha value is -3.72. The zero-order valence-corrected chi connectivity index (χ0v) is 28.9. The van der Waals surface area contributed by atoms with E-state index in [-0.39, 0.29) is 52.8 Å². The summed E-state index contributed by atoms with van der Waals surface area (Å²) in [4.78, 5) is 51.0. The number of pyridine rings is 1. The third-order valence-corrected chi connectivity index (χ3v) is 13.4. The van der Waals surface area contributed by atoms with Crippen LogP contribution in [-0.2, 0) is 16.1 Å². The van der Waals surface area contributed by atoms with E-state index < -0.39 is 11.9 Å². The van der Waals surface area contributed by atoms with Gasteiger partial charge in [-0.1, -0.05) is 0 Å². The molecular formula is C32H29BrFIN7O3-. The summed E-state index contributed by atoms with van der Waals surface area (Å²) in [5, 5.41) is 7.88. The number of alkyl halides is 2. The molecule has 7 rings (SSSR count). The second-order valence-corrected chi connectivity index (χ2v) is 17.0. The fourth-order valence-electron chi connectivity index (χ4n) is 6.30. The predicted molar refractivity (Wildman–Crippen MR) is 166 cm³/mol. The van der Waals surface area contributed by atoms with E-state index in [1.165, 1.54) is 6.92 Å². The number of carbonyl (C=O) groups excluding carboxylic acids is 3. The Morgan fingerprint density at radius 1 is 1.18 bits per heavy atom. The molecule has 0 unspecified atom stereocenters. The first kappa shape index (κ1) is 30.0.